The Hall–Kier alpha value is -3.59. The molecule has 2 heterocycles. The summed E-state index contributed by atoms with van der Waals surface area (Å²) in [5, 5.41) is 15.8. The number of piperidine rings is 1. The average molecular weight is 451 g/mol. The molecule has 2 aromatic rings. The molecule has 33 heavy (non-hydrogen) atoms. The Labute approximate surface area is 188 Å². The van der Waals surface area contributed by atoms with Crippen LogP contribution in [0.2, 0.25) is 0 Å². The molecule has 1 aliphatic carbocycles. The minimum Gasteiger partial charge on any atom is -0.387 e. The second-order valence-corrected chi connectivity index (χ2v) is 8.83. The molecule has 2 aromatic carbocycles. The number of nitrogens with one attached hydrogen (secondary N) is 2. The molecule has 3 aliphatic rings. The third-order valence-electron chi connectivity index (χ3n) is 6.56. The summed E-state index contributed by atoms with van der Waals surface area (Å²) in [6.07, 6.45) is 1.47. The number of hydrogen-bond donors (Lipinski definition) is 3. The molecule has 8 nitrogen and oxygen atoms in total. The van der Waals surface area contributed by atoms with E-state index in [9.17, 15) is 28.7 Å². The van der Waals surface area contributed by atoms with Crippen molar-refractivity contribution in [1.82, 2.24) is 15.5 Å². The van der Waals surface area contributed by atoms with Gasteiger partial charge >= 0.3 is 0 Å². The lowest BCUT2D eigenvalue weighted by Gasteiger charge is -2.29. The Morgan fingerprint density at radius 2 is 1.88 bits per heavy atom. The zero-order valence-corrected chi connectivity index (χ0v) is 17.6. The molecule has 3 N–H and O–H groups in total. The highest BCUT2D eigenvalue weighted by molar-refractivity contribution is 6.06. The molecule has 0 spiro atoms. The van der Waals surface area contributed by atoms with E-state index in [1.807, 2.05) is 0 Å². The van der Waals surface area contributed by atoms with Gasteiger partial charge in [-0.2, -0.15) is 0 Å². The zero-order valence-electron chi connectivity index (χ0n) is 17.6. The van der Waals surface area contributed by atoms with Gasteiger partial charge in [-0.3, -0.25) is 24.5 Å². The summed E-state index contributed by atoms with van der Waals surface area (Å²) in [6, 6.07) is 8.90. The van der Waals surface area contributed by atoms with Gasteiger partial charge in [0.25, 0.3) is 11.8 Å². The van der Waals surface area contributed by atoms with Gasteiger partial charge in [-0.15, -0.1) is 0 Å². The van der Waals surface area contributed by atoms with Gasteiger partial charge in [0.1, 0.15) is 11.9 Å². The highest BCUT2D eigenvalue weighted by Gasteiger charge is 2.49. The molecule has 0 aromatic heterocycles. The van der Waals surface area contributed by atoms with E-state index in [1.54, 1.807) is 12.1 Å². The monoisotopic (exact) mass is 451 g/mol. The largest absolute Gasteiger partial charge is 0.387 e. The molecule has 0 radical (unpaired) electrons. The van der Waals surface area contributed by atoms with E-state index in [0.29, 0.717) is 35.1 Å². The van der Waals surface area contributed by atoms with Gasteiger partial charge < -0.3 is 15.3 Å². The molecular weight excluding hydrogens is 429 g/mol. The van der Waals surface area contributed by atoms with E-state index < -0.39 is 35.3 Å². The lowest BCUT2D eigenvalue weighted by molar-refractivity contribution is -0.136. The van der Waals surface area contributed by atoms with Crippen LogP contribution >= 0.6 is 0 Å². The molecule has 2 atom stereocenters. The molecule has 5 rings (SSSR count). The summed E-state index contributed by atoms with van der Waals surface area (Å²) >= 11 is 0. The molecule has 4 amide bonds. The van der Waals surface area contributed by atoms with Crippen LogP contribution in [0.25, 0.3) is 0 Å². The summed E-state index contributed by atoms with van der Waals surface area (Å²) in [5.74, 6) is -2.00. The van der Waals surface area contributed by atoms with E-state index in [1.165, 1.54) is 35.2 Å². The molecule has 1 saturated heterocycles. The second-order valence-electron chi connectivity index (χ2n) is 8.83. The Morgan fingerprint density at radius 3 is 2.55 bits per heavy atom. The van der Waals surface area contributed by atoms with Gasteiger partial charge in [0.15, 0.2) is 0 Å². The van der Waals surface area contributed by atoms with E-state index in [2.05, 4.69) is 10.6 Å². The zero-order chi connectivity index (χ0) is 23.3. The third-order valence-corrected chi connectivity index (χ3v) is 6.56. The van der Waals surface area contributed by atoms with Crippen molar-refractivity contribution in [2.24, 2.45) is 0 Å². The van der Waals surface area contributed by atoms with Crippen LogP contribution in [0.1, 0.15) is 63.6 Å². The van der Waals surface area contributed by atoms with Crippen LogP contribution in [0.5, 0.6) is 0 Å². The standard InChI is InChI=1S/C24H22FN3O5/c25-16-4-1-13(2-5-16)20(24(33)9-10-24)27-21(30)14-3-6-17-15(11-14)12-28(23(17)32)18-7-8-19(29)26-22(18)31/h1-6,11,18,20,33H,7-10,12H2,(H,27,30)(H,26,29,31)/t18?,20-/m1/s1. The predicted octanol–water partition coefficient (Wildman–Crippen LogP) is 1.58. The average Bonchev–Trinajstić information content (AvgIpc) is 3.46. The van der Waals surface area contributed by atoms with E-state index in [-0.39, 0.29) is 31.2 Å². The van der Waals surface area contributed by atoms with Gasteiger partial charge in [0, 0.05) is 24.1 Å². The van der Waals surface area contributed by atoms with E-state index >= 15 is 0 Å². The van der Waals surface area contributed by atoms with Crippen LogP contribution in [0, 0.1) is 5.82 Å². The van der Waals surface area contributed by atoms with Crippen LogP contribution in [0.4, 0.5) is 4.39 Å². The normalized spacial score (nSPS) is 21.9. The van der Waals surface area contributed by atoms with Crippen molar-refractivity contribution in [3.63, 3.8) is 0 Å². The van der Waals surface area contributed by atoms with Crippen LogP contribution < -0.4 is 10.6 Å². The van der Waals surface area contributed by atoms with Gasteiger partial charge in [-0.05, 0) is 60.7 Å². The van der Waals surface area contributed by atoms with Crippen molar-refractivity contribution in [1.29, 1.82) is 0 Å². The Morgan fingerprint density at radius 1 is 1.15 bits per heavy atom. The maximum Gasteiger partial charge on any atom is 0.255 e. The molecule has 2 aliphatic heterocycles. The highest BCUT2D eigenvalue weighted by atomic mass is 19.1. The number of fused-ring (bicyclic) bond motifs is 1. The third kappa shape index (κ3) is 3.89. The minimum atomic E-state index is -1.08. The molecule has 170 valence electrons. The smallest absolute Gasteiger partial charge is 0.255 e. The van der Waals surface area contributed by atoms with Gasteiger partial charge in [-0.1, -0.05) is 12.1 Å². The van der Waals surface area contributed by atoms with Crippen LogP contribution in [0.15, 0.2) is 42.5 Å². The number of aliphatic hydroxyl groups is 1. The summed E-state index contributed by atoms with van der Waals surface area (Å²) < 4.78 is 13.3. The minimum absolute atomic E-state index is 0.160. The fraction of sp³-hybridized carbons (Fsp3) is 0.333. The first kappa shape index (κ1) is 21.3. The maximum absolute atomic E-state index is 13.3. The molecule has 1 saturated carbocycles. The number of carbonyl (C=O) groups excluding carboxylic acids is 4. The quantitative estimate of drug-likeness (QED) is 0.597. The van der Waals surface area contributed by atoms with E-state index in [0.717, 1.165) is 0 Å². The van der Waals surface area contributed by atoms with Gasteiger partial charge in [-0.25, -0.2) is 4.39 Å². The van der Waals surface area contributed by atoms with Crippen molar-refractivity contribution >= 4 is 23.6 Å². The fourth-order valence-electron chi connectivity index (χ4n) is 4.53. The van der Waals surface area contributed by atoms with E-state index in [4.69, 9.17) is 0 Å². The number of hydrogen-bond acceptors (Lipinski definition) is 5. The van der Waals surface area contributed by atoms with Crippen molar-refractivity contribution in [2.45, 2.75) is 49.9 Å². The summed E-state index contributed by atoms with van der Waals surface area (Å²) in [4.78, 5) is 50.9. The van der Waals surface area contributed by atoms with Gasteiger partial charge in [0.2, 0.25) is 11.8 Å². The number of carbonyl (C=O) groups is 4. The molecule has 2 fully saturated rings. The molecule has 0 bridgehead atoms. The number of amides is 4. The summed E-state index contributed by atoms with van der Waals surface area (Å²) in [5.41, 5.74) is 0.851. The van der Waals surface area contributed by atoms with Crippen molar-refractivity contribution < 1.29 is 28.7 Å². The van der Waals surface area contributed by atoms with Crippen LogP contribution in [-0.4, -0.2) is 45.3 Å². The number of rotatable bonds is 5. The van der Waals surface area contributed by atoms with Crippen molar-refractivity contribution in [2.75, 3.05) is 0 Å². The van der Waals surface area contributed by atoms with Gasteiger partial charge in [0.05, 0.1) is 11.6 Å². The maximum atomic E-state index is 13.3. The first-order valence-corrected chi connectivity index (χ1v) is 10.8. The lowest BCUT2D eigenvalue weighted by atomic mass is 9.98. The Kier molecular flexibility index (Phi) is 5.01. The van der Waals surface area contributed by atoms with Crippen LogP contribution in [0.3, 0.4) is 0 Å². The Balaban J connectivity index is 1.35. The van der Waals surface area contributed by atoms with Crippen molar-refractivity contribution in [3.05, 3.63) is 70.5 Å². The first-order chi connectivity index (χ1) is 15.7. The van der Waals surface area contributed by atoms with Crippen LogP contribution in [-0.2, 0) is 16.1 Å². The number of benzene rings is 2. The molecule has 9 heteroatoms. The topological polar surface area (TPSA) is 116 Å². The number of imide groups is 1. The lowest BCUT2D eigenvalue weighted by Crippen LogP contribution is -2.52. The highest BCUT2D eigenvalue weighted by Crippen LogP contribution is 2.46. The molecule has 1 unspecified atom stereocenters. The first-order valence-electron chi connectivity index (χ1n) is 10.8. The summed E-state index contributed by atoms with van der Waals surface area (Å²) in [7, 11) is 0. The predicted molar refractivity (Wildman–Crippen MR) is 113 cm³/mol. The SMILES string of the molecule is O=C1CCC(N2Cc3cc(C(=O)N[C@H](c4ccc(F)cc4)C4(O)CC4)ccc3C2=O)C(=O)N1. The summed E-state index contributed by atoms with van der Waals surface area (Å²) in [6.45, 7) is 0.160. The number of halogens is 1. The molecular formula is C24H22FN3O5. The Bertz CT molecular complexity index is 1180. The van der Waals surface area contributed by atoms with Crippen molar-refractivity contribution in [3.8, 4) is 0 Å². The second kappa shape index (κ2) is 7.77. The fourth-order valence-corrected chi connectivity index (χ4v) is 4.53. The number of nitrogens with zero attached hydrogens (tertiary/aromatic N) is 1.